The molecule has 1 saturated heterocycles. The smallest absolute Gasteiger partial charge is 0.410 e. The number of carbonyl (C=O) groups excluding carboxylic acids is 1. The molecule has 1 aliphatic rings. The highest BCUT2D eigenvalue weighted by Crippen LogP contribution is 2.22. The summed E-state index contributed by atoms with van der Waals surface area (Å²) in [6.45, 7) is 11.3. The zero-order chi connectivity index (χ0) is 24.6. The molecule has 0 aromatic carbocycles. The number of pyridine rings is 2. The lowest BCUT2D eigenvalue weighted by Gasteiger charge is -2.41. The van der Waals surface area contributed by atoms with Gasteiger partial charge < -0.3 is 24.7 Å². The molecule has 2 N–H and O–H groups in total. The quantitative estimate of drug-likeness (QED) is 0.466. The van der Waals surface area contributed by atoms with Crippen molar-refractivity contribution in [1.82, 2.24) is 19.3 Å². The predicted molar refractivity (Wildman–Crippen MR) is 129 cm³/mol. The third-order valence-electron chi connectivity index (χ3n) is 5.51. The van der Waals surface area contributed by atoms with Crippen LogP contribution in [0.15, 0.2) is 41.8 Å². The molecule has 0 radical (unpaired) electrons. The molecule has 34 heavy (non-hydrogen) atoms. The Labute approximate surface area is 198 Å². The first-order chi connectivity index (χ1) is 16.0. The summed E-state index contributed by atoms with van der Waals surface area (Å²) in [4.78, 5) is 29.3. The van der Waals surface area contributed by atoms with Crippen molar-refractivity contribution in [2.24, 2.45) is 10.7 Å². The molecule has 1 fully saturated rings. The van der Waals surface area contributed by atoms with Gasteiger partial charge in [-0.15, -0.1) is 0 Å². The van der Waals surface area contributed by atoms with E-state index in [1.165, 1.54) is 6.07 Å². The van der Waals surface area contributed by atoms with Crippen LogP contribution in [-0.2, 0) is 4.74 Å². The molecule has 4 heterocycles. The number of nitrogens with two attached hydrogens (primary N) is 1. The number of hydrogen-bond donors (Lipinski definition) is 1. The fraction of sp³-hybridized carbons (Fsp3) is 0.417. The van der Waals surface area contributed by atoms with E-state index in [0.29, 0.717) is 36.7 Å². The fourth-order valence-electron chi connectivity index (χ4n) is 3.92. The molecule has 0 unspecified atom stereocenters. The Bertz CT molecular complexity index is 1230. The van der Waals surface area contributed by atoms with Gasteiger partial charge in [-0.1, -0.05) is 0 Å². The number of hydrogen-bond acceptors (Lipinski definition) is 6. The van der Waals surface area contributed by atoms with E-state index in [4.69, 9.17) is 10.5 Å². The minimum Gasteiger partial charge on any atom is -0.444 e. The Morgan fingerprint density at radius 1 is 1.26 bits per heavy atom. The molecule has 1 amide bonds. The van der Waals surface area contributed by atoms with Crippen LogP contribution in [0, 0.1) is 12.7 Å². The second-order valence-corrected chi connectivity index (χ2v) is 9.53. The largest absolute Gasteiger partial charge is 0.444 e. The summed E-state index contributed by atoms with van der Waals surface area (Å²) in [5.74, 6) is 0.114. The molecule has 1 atom stereocenters. The molecule has 0 spiro atoms. The number of amidine groups is 1. The Kier molecular flexibility index (Phi) is 6.16. The number of piperazine rings is 1. The number of ether oxygens (including phenoxy) is 1. The third kappa shape index (κ3) is 5.11. The summed E-state index contributed by atoms with van der Waals surface area (Å²) in [6.07, 6.45) is 4.85. The lowest BCUT2D eigenvalue weighted by atomic mass is 10.1. The maximum Gasteiger partial charge on any atom is 0.410 e. The van der Waals surface area contributed by atoms with Gasteiger partial charge in [-0.25, -0.2) is 24.1 Å². The first-order valence-corrected chi connectivity index (χ1v) is 11.2. The predicted octanol–water partition coefficient (Wildman–Crippen LogP) is 3.66. The molecule has 1 aliphatic heterocycles. The van der Waals surface area contributed by atoms with Gasteiger partial charge in [-0.05, 0) is 52.8 Å². The van der Waals surface area contributed by atoms with Crippen molar-refractivity contribution in [1.29, 1.82) is 0 Å². The fourth-order valence-corrected chi connectivity index (χ4v) is 3.92. The number of nitrogens with zero attached hydrogens (tertiary/aromatic N) is 6. The van der Waals surface area contributed by atoms with Crippen LogP contribution in [0.1, 0.15) is 39.0 Å². The van der Waals surface area contributed by atoms with Crippen LogP contribution < -0.4 is 10.6 Å². The van der Waals surface area contributed by atoms with E-state index >= 15 is 0 Å². The number of carbonyl (C=O) groups is 1. The van der Waals surface area contributed by atoms with Gasteiger partial charge in [0.25, 0.3) is 0 Å². The van der Waals surface area contributed by atoms with E-state index in [0.717, 1.165) is 5.69 Å². The van der Waals surface area contributed by atoms with Gasteiger partial charge in [0.1, 0.15) is 11.4 Å². The van der Waals surface area contributed by atoms with Crippen molar-refractivity contribution in [3.8, 4) is 0 Å². The van der Waals surface area contributed by atoms with Gasteiger partial charge >= 0.3 is 6.09 Å². The summed E-state index contributed by atoms with van der Waals surface area (Å²) in [7, 11) is 0. The van der Waals surface area contributed by atoms with E-state index in [9.17, 15) is 9.18 Å². The number of anilines is 1. The van der Waals surface area contributed by atoms with Gasteiger partial charge in [0.05, 0.1) is 17.6 Å². The minimum absolute atomic E-state index is 0.00596. The lowest BCUT2D eigenvalue weighted by molar-refractivity contribution is 0.0159. The Hall–Kier alpha value is -3.69. The van der Waals surface area contributed by atoms with Crippen molar-refractivity contribution in [2.75, 3.05) is 24.5 Å². The van der Waals surface area contributed by atoms with Gasteiger partial charge in [0, 0.05) is 43.6 Å². The second kappa shape index (κ2) is 8.92. The second-order valence-electron chi connectivity index (χ2n) is 9.53. The molecular weight excluding hydrogens is 437 g/mol. The van der Waals surface area contributed by atoms with E-state index < -0.39 is 11.4 Å². The van der Waals surface area contributed by atoms with Gasteiger partial charge in [-0.2, -0.15) is 0 Å². The number of rotatable bonds is 3. The zero-order valence-corrected chi connectivity index (χ0v) is 20.1. The highest BCUT2D eigenvalue weighted by atomic mass is 19.1. The molecule has 0 bridgehead atoms. The normalized spacial score (nSPS) is 17.4. The minimum atomic E-state index is -0.523. The topological polar surface area (TPSA) is 101 Å². The van der Waals surface area contributed by atoms with Crippen molar-refractivity contribution in [3.05, 3.63) is 53.9 Å². The van der Waals surface area contributed by atoms with Crippen molar-refractivity contribution >= 4 is 29.1 Å². The van der Waals surface area contributed by atoms with E-state index in [1.54, 1.807) is 40.9 Å². The maximum absolute atomic E-state index is 14.4. The molecule has 0 saturated carbocycles. The van der Waals surface area contributed by atoms with Crippen LogP contribution in [0.4, 0.5) is 20.7 Å². The lowest BCUT2D eigenvalue weighted by Crippen LogP contribution is -2.55. The molecule has 9 nitrogen and oxygen atoms in total. The molecule has 180 valence electrons. The SMILES string of the molecule is Cc1cn2cc(C(N)=Nc3ccc(N4CCN(C(=O)OC(C)(C)C)[C@H](C)C4)cn3)cc(F)c2n1. The third-order valence-corrected chi connectivity index (χ3v) is 5.51. The van der Waals surface area contributed by atoms with Crippen molar-refractivity contribution in [2.45, 2.75) is 46.3 Å². The van der Waals surface area contributed by atoms with Crippen LogP contribution in [-0.4, -0.2) is 62.5 Å². The Morgan fingerprint density at radius 3 is 2.68 bits per heavy atom. The van der Waals surface area contributed by atoms with E-state index in [1.807, 2.05) is 33.8 Å². The first kappa shape index (κ1) is 23.5. The number of fused-ring (bicyclic) bond motifs is 1. The highest BCUT2D eigenvalue weighted by molar-refractivity contribution is 5.98. The van der Waals surface area contributed by atoms with Gasteiger partial charge in [0.2, 0.25) is 0 Å². The molecular formula is C24H30FN7O2. The van der Waals surface area contributed by atoms with Crippen LogP contribution in [0.25, 0.3) is 5.65 Å². The summed E-state index contributed by atoms with van der Waals surface area (Å²) < 4.78 is 21.5. The monoisotopic (exact) mass is 467 g/mol. The maximum atomic E-state index is 14.4. The van der Waals surface area contributed by atoms with Crippen LogP contribution in [0.3, 0.4) is 0 Å². The average molecular weight is 468 g/mol. The number of halogens is 1. The molecule has 4 rings (SSSR count). The molecule has 10 heteroatoms. The number of amides is 1. The van der Waals surface area contributed by atoms with Crippen LogP contribution >= 0.6 is 0 Å². The molecule has 3 aromatic heterocycles. The number of aryl methyl sites for hydroxylation is 1. The Morgan fingerprint density at radius 2 is 2.03 bits per heavy atom. The number of aromatic nitrogens is 3. The molecule has 0 aliphatic carbocycles. The summed E-state index contributed by atoms with van der Waals surface area (Å²) in [5.41, 5.74) is 7.94. The number of aliphatic imine (C=N–C) groups is 1. The molecule has 3 aromatic rings. The van der Waals surface area contributed by atoms with Crippen molar-refractivity contribution < 1.29 is 13.9 Å². The van der Waals surface area contributed by atoms with Crippen LogP contribution in [0.5, 0.6) is 0 Å². The summed E-state index contributed by atoms with van der Waals surface area (Å²) in [6, 6.07) is 5.00. The van der Waals surface area contributed by atoms with Crippen LogP contribution in [0.2, 0.25) is 0 Å². The van der Waals surface area contributed by atoms with Crippen molar-refractivity contribution in [3.63, 3.8) is 0 Å². The Balaban J connectivity index is 1.44. The zero-order valence-electron chi connectivity index (χ0n) is 20.1. The van der Waals surface area contributed by atoms with Gasteiger partial charge in [-0.3, -0.25) is 0 Å². The number of imidazole rings is 1. The summed E-state index contributed by atoms with van der Waals surface area (Å²) in [5, 5.41) is 0. The first-order valence-electron chi connectivity index (χ1n) is 11.2. The van der Waals surface area contributed by atoms with Gasteiger partial charge in [0.15, 0.2) is 17.3 Å². The van der Waals surface area contributed by atoms with E-state index in [2.05, 4.69) is 19.9 Å². The van der Waals surface area contributed by atoms with E-state index in [-0.39, 0.29) is 23.6 Å². The average Bonchev–Trinajstić information content (AvgIpc) is 3.13. The highest BCUT2D eigenvalue weighted by Gasteiger charge is 2.31. The summed E-state index contributed by atoms with van der Waals surface area (Å²) >= 11 is 0. The standard InChI is InChI=1S/C24H30FN7O2/c1-15-12-31-14-17(10-19(25)22(31)28-15)21(26)29-20-7-6-18(11-27-20)30-8-9-32(16(2)13-30)23(33)34-24(3,4)5/h6-7,10-12,14,16H,8-9,13H2,1-5H3,(H2,26,27,29)/t16-/m1/s1.